The van der Waals surface area contributed by atoms with E-state index in [0.717, 1.165) is 18.0 Å². The number of hydrogen-bond acceptors (Lipinski definition) is 6. The van der Waals surface area contributed by atoms with Gasteiger partial charge in [-0.2, -0.15) is 0 Å². The van der Waals surface area contributed by atoms with Crippen molar-refractivity contribution >= 4 is 29.0 Å². The number of thiophene rings is 1. The van der Waals surface area contributed by atoms with Crippen molar-refractivity contribution in [2.75, 3.05) is 12.3 Å². The fraction of sp³-hybridized carbons (Fsp3) is 0.500. The zero-order valence-electron chi connectivity index (χ0n) is 13.5. The molecular formula is C16H21N5OS2. The lowest BCUT2D eigenvalue weighted by Gasteiger charge is -2.20. The Balaban J connectivity index is 1.59. The number of rotatable bonds is 8. The van der Waals surface area contributed by atoms with E-state index in [4.69, 9.17) is 0 Å². The summed E-state index contributed by atoms with van der Waals surface area (Å²) in [6.07, 6.45) is 6.45. The van der Waals surface area contributed by atoms with Gasteiger partial charge in [0, 0.05) is 11.4 Å². The molecule has 0 aliphatic heterocycles. The van der Waals surface area contributed by atoms with Gasteiger partial charge >= 0.3 is 0 Å². The van der Waals surface area contributed by atoms with Gasteiger partial charge in [0.1, 0.15) is 0 Å². The molecule has 0 atom stereocenters. The van der Waals surface area contributed by atoms with Crippen molar-refractivity contribution in [1.82, 2.24) is 25.1 Å². The van der Waals surface area contributed by atoms with Crippen molar-refractivity contribution in [1.29, 1.82) is 0 Å². The summed E-state index contributed by atoms with van der Waals surface area (Å²) in [5.41, 5.74) is 0. The highest BCUT2D eigenvalue weighted by molar-refractivity contribution is 7.99. The lowest BCUT2D eigenvalue weighted by molar-refractivity contribution is -0.128. The molecule has 8 heteroatoms. The van der Waals surface area contributed by atoms with Gasteiger partial charge in [-0.05, 0) is 34.7 Å². The minimum absolute atomic E-state index is 0.0780. The zero-order chi connectivity index (χ0) is 16.8. The Labute approximate surface area is 149 Å². The van der Waals surface area contributed by atoms with Gasteiger partial charge in [0.15, 0.2) is 0 Å². The average molecular weight is 364 g/mol. The van der Waals surface area contributed by atoms with Gasteiger partial charge in [-0.15, -0.1) is 23.0 Å². The van der Waals surface area contributed by atoms with Crippen LogP contribution < -0.4 is 0 Å². The van der Waals surface area contributed by atoms with Crippen LogP contribution in [0.15, 0.2) is 35.3 Å². The van der Waals surface area contributed by atoms with Gasteiger partial charge in [0.2, 0.25) is 11.1 Å². The normalized spacial score (nSPS) is 14.8. The molecule has 0 N–H and O–H groups in total. The molecule has 1 amide bonds. The van der Waals surface area contributed by atoms with E-state index in [0.29, 0.717) is 24.9 Å². The second kappa shape index (κ2) is 8.43. The molecular weight excluding hydrogens is 342 g/mol. The summed E-state index contributed by atoms with van der Waals surface area (Å²) in [4.78, 5) is 15.6. The van der Waals surface area contributed by atoms with E-state index in [-0.39, 0.29) is 5.91 Å². The molecule has 2 aromatic rings. The molecule has 1 saturated carbocycles. The molecule has 128 valence electrons. The number of tetrazole rings is 1. The van der Waals surface area contributed by atoms with Gasteiger partial charge in [0.25, 0.3) is 0 Å². The Bertz CT molecular complexity index is 664. The standard InChI is InChI=1S/C16H21N5OS2/c1-2-9-20(11-14-8-5-10-23-14)15(22)12-24-16-17-18-19-21(16)13-6-3-4-7-13/h2,5,8,10,13H,1,3-4,6-7,9,11-12H2. The molecule has 2 aromatic heterocycles. The molecule has 0 spiro atoms. The van der Waals surface area contributed by atoms with Crippen molar-refractivity contribution in [2.24, 2.45) is 0 Å². The highest BCUT2D eigenvalue weighted by Gasteiger charge is 2.23. The lowest BCUT2D eigenvalue weighted by atomic mass is 10.3. The van der Waals surface area contributed by atoms with E-state index in [2.05, 4.69) is 22.1 Å². The maximum atomic E-state index is 12.6. The number of amides is 1. The van der Waals surface area contributed by atoms with E-state index in [9.17, 15) is 4.79 Å². The Morgan fingerprint density at radius 2 is 2.33 bits per heavy atom. The van der Waals surface area contributed by atoms with Crippen molar-refractivity contribution in [2.45, 2.75) is 43.4 Å². The van der Waals surface area contributed by atoms with Crippen LogP contribution in [0.2, 0.25) is 0 Å². The first kappa shape index (κ1) is 17.2. The van der Waals surface area contributed by atoms with Crippen molar-refractivity contribution in [3.63, 3.8) is 0 Å². The number of aromatic nitrogens is 4. The van der Waals surface area contributed by atoms with E-state index in [1.165, 1.54) is 29.5 Å². The largest absolute Gasteiger partial charge is 0.333 e. The number of carbonyl (C=O) groups excluding carboxylic acids is 1. The Morgan fingerprint density at radius 3 is 3.04 bits per heavy atom. The molecule has 2 heterocycles. The van der Waals surface area contributed by atoms with Crippen LogP contribution in [-0.4, -0.2) is 43.3 Å². The van der Waals surface area contributed by atoms with Crippen LogP contribution in [0.25, 0.3) is 0 Å². The third-order valence-electron chi connectivity index (χ3n) is 4.09. The van der Waals surface area contributed by atoms with Crippen LogP contribution in [-0.2, 0) is 11.3 Å². The minimum Gasteiger partial charge on any atom is -0.333 e. The van der Waals surface area contributed by atoms with Crippen LogP contribution in [0.1, 0.15) is 36.6 Å². The minimum atomic E-state index is 0.0780. The number of carbonyl (C=O) groups is 1. The summed E-state index contributed by atoms with van der Waals surface area (Å²) < 4.78 is 1.89. The van der Waals surface area contributed by atoms with Crippen molar-refractivity contribution < 1.29 is 4.79 Å². The first-order valence-corrected chi connectivity index (χ1v) is 9.96. The van der Waals surface area contributed by atoms with E-state index in [1.807, 2.05) is 27.1 Å². The second-order valence-corrected chi connectivity index (χ2v) is 7.75. The fourth-order valence-electron chi connectivity index (χ4n) is 2.88. The monoisotopic (exact) mass is 363 g/mol. The Hall–Kier alpha value is -1.67. The van der Waals surface area contributed by atoms with Gasteiger partial charge in [-0.25, -0.2) is 4.68 Å². The molecule has 0 bridgehead atoms. The average Bonchev–Trinajstić information content (AvgIpc) is 3.32. The molecule has 0 aromatic carbocycles. The number of nitrogens with zero attached hydrogens (tertiary/aromatic N) is 5. The summed E-state index contributed by atoms with van der Waals surface area (Å²) in [5, 5.41) is 14.8. The van der Waals surface area contributed by atoms with Crippen LogP contribution in [0.5, 0.6) is 0 Å². The molecule has 24 heavy (non-hydrogen) atoms. The topological polar surface area (TPSA) is 63.9 Å². The van der Waals surface area contributed by atoms with Crippen LogP contribution in [0.3, 0.4) is 0 Å². The highest BCUT2D eigenvalue weighted by atomic mass is 32.2. The molecule has 6 nitrogen and oxygen atoms in total. The smallest absolute Gasteiger partial charge is 0.233 e. The van der Waals surface area contributed by atoms with Gasteiger partial charge in [0.05, 0.1) is 18.3 Å². The summed E-state index contributed by atoms with van der Waals surface area (Å²) in [7, 11) is 0. The molecule has 1 aliphatic carbocycles. The zero-order valence-corrected chi connectivity index (χ0v) is 15.1. The SMILES string of the molecule is C=CCN(Cc1cccs1)C(=O)CSc1nnnn1C1CCCC1. The summed E-state index contributed by atoms with van der Waals surface area (Å²) in [6, 6.07) is 4.43. The summed E-state index contributed by atoms with van der Waals surface area (Å²) in [6.45, 7) is 4.92. The molecule has 0 radical (unpaired) electrons. The van der Waals surface area contributed by atoms with E-state index >= 15 is 0 Å². The Kier molecular flexibility index (Phi) is 6.03. The maximum absolute atomic E-state index is 12.6. The quantitative estimate of drug-likeness (QED) is 0.532. The highest BCUT2D eigenvalue weighted by Crippen LogP contribution is 2.31. The van der Waals surface area contributed by atoms with Gasteiger partial charge in [-0.1, -0.05) is 36.7 Å². The third-order valence-corrected chi connectivity index (χ3v) is 5.87. The molecule has 0 unspecified atom stereocenters. The first-order valence-electron chi connectivity index (χ1n) is 8.09. The summed E-state index contributed by atoms with van der Waals surface area (Å²) >= 11 is 3.08. The first-order chi connectivity index (χ1) is 11.8. The van der Waals surface area contributed by atoms with Crippen molar-refractivity contribution in [3.05, 3.63) is 35.0 Å². The van der Waals surface area contributed by atoms with Crippen LogP contribution in [0, 0.1) is 0 Å². The van der Waals surface area contributed by atoms with Gasteiger partial charge < -0.3 is 4.90 Å². The molecule has 0 saturated heterocycles. The van der Waals surface area contributed by atoms with Crippen LogP contribution >= 0.6 is 23.1 Å². The van der Waals surface area contributed by atoms with E-state index < -0.39 is 0 Å². The Morgan fingerprint density at radius 1 is 1.50 bits per heavy atom. The molecule has 3 rings (SSSR count). The number of thioether (sulfide) groups is 1. The predicted octanol–water partition coefficient (Wildman–Crippen LogP) is 3.16. The molecule has 1 fully saturated rings. The predicted molar refractivity (Wildman–Crippen MR) is 96.0 cm³/mol. The lowest BCUT2D eigenvalue weighted by Crippen LogP contribution is -2.32. The maximum Gasteiger partial charge on any atom is 0.233 e. The third kappa shape index (κ3) is 4.24. The van der Waals surface area contributed by atoms with E-state index in [1.54, 1.807) is 17.4 Å². The second-order valence-electron chi connectivity index (χ2n) is 5.78. The fourth-order valence-corrected chi connectivity index (χ4v) is 4.44. The van der Waals surface area contributed by atoms with Crippen LogP contribution in [0.4, 0.5) is 0 Å². The van der Waals surface area contributed by atoms with Crippen molar-refractivity contribution in [3.8, 4) is 0 Å². The molecule has 1 aliphatic rings. The summed E-state index contributed by atoms with van der Waals surface area (Å²) in [5.74, 6) is 0.418. The van der Waals surface area contributed by atoms with Gasteiger partial charge in [-0.3, -0.25) is 4.79 Å². The number of hydrogen-bond donors (Lipinski definition) is 0.